The molecule has 2 heteroatoms. The van der Waals surface area contributed by atoms with Crippen molar-refractivity contribution in [3.05, 3.63) is 42.1 Å². The van der Waals surface area contributed by atoms with Gasteiger partial charge in [0.1, 0.15) is 5.76 Å². The van der Waals surface area contributed by atoms with Crippen LogP contribution in [-0.4, -0.2) is 13.3 Å². The molecule has 68 valence electrons. The molecule has 0 saturated heterocycles. The van der Waals surface area contributed by atoms with Crippen LogP contribution in [0.3, 0.4) is 0 Å². The topological polar surface area (TPSA) is 21.6 Å². The van der Waals surface area contributed by atoms with E-state index in [9.17, 15) is 0 Å². The Labute approximate surface area is 78.6 Å². The molecule has 1 rings (SSSR count). The number of methoxy groups -OCH3 is 1. The third-order valence-electron chi connectivity index (χ3n) is 1.62. The van der Waals surface area contributed by atoms with Crippen molar-refractivity contribution in [2.75, 3.05) is 7.11 Å². The van der Waals surface area contributed by atoms with Crippen LogP contribution in [0.5, 0.6) is 0 Å². The van der Waals surface area contributed by atoms with Crippen molar-refractivity contribution in [2.45, 2.75) is 6.92 Å². The van der Waals surface area contributed by atoms with E-state index in [2.05, 4.69) is 4.99 Å². The molecule has 0 heterocycles. The second kappa shape index (κ2) is 5.14. The van der Waals surface area contributed by atoms with Gasteiger partial charge in [0, 0.05) is 11.8 Å². The predicted molar refractivity (Wildman–Crippen MR) is 55.6 cm³/mol. The fraction of sp³-hybridized carbons (Fsp3) is 0.182. The van der Waals surface area contributed by atoms with Gasteiger partial charge in [0.25, 0.3) is 0 Å². The van der Waals surface area contributed by atoms with Gasteiger partial charge in [0.2, 0.25) is 0 Å². The maximum atomic E-state index is 5.19. The summed E-state index contributed by atoms with van der Waals surface area (Å²) in [6.07, 6.45) is 3.43. The highest BCUT2D eigenvalue weighted by molar-refractivity contribution is 5.62. The molecule has 13 heavy (non-hydrogen) atoms. The molecule has 0 aliphatic carbocycles. The molecule has 0 saturated carbocycles. The molecule has 0 amide bonds. The zero-order chi connectivity index (χ0) is 9.52. The lowest BCUT2D eigenvalue weighted by Crippen LogP contribution is -1.85. The summed E-state index contributed by atoms with van der Waals surface area (Å²) in [6.45, 7) is 1.87. The zero-order valence-electron chi connectivity index (χ0n) is 7.90. The summed E-state index contributed by atoms with van der Waals surface area (Å²) in [5.74, 6) is 0.777. The first-order chi connectivity index (χ1) is 6.38. The number of rotatable bonds is 3. The van der Waals surface area contributed by atoms with Gasteiger partial charge in [-0.1, -0.05) is 30.3 Å². The summed E-state index contributed by atoms with van der Waals surface area (Å²) in [5.41, 5.74) is 1.04. The van der Waals surface area contributed by atoms with E-state index in [1.807, 2.05) is 37.3 Å². The van der Waals surface area contributed by atoms with Gasteiger partial charge in [-0.05, 0) is 6.92 Å². The van der Waals surface area contributed by atoms with Gasteiger partial charge in [-0.2, -0.15) is 0 Å². The van der Waals surface area contributed by atoms with Crippen LogP contribution < -0.4 is 0 Å². The number of hydrogen-bond donors (Lipinski definition) is 0. The van der Waals surface area contributed by atoms with E-state index in [1.165, 1.54) is 0 Å². The first kappa shape index (κ1) is 9.52. The van der Waals surface area contributed by atoms with Crippen molar-refractivity contribution in [2.24, 2.45) is 4.99 Å². The Balaban J connectivity index is 2.91. The first-order valence-corrected chi connectivity index (χ1v) is 4.16. The molecule has 0 atom stereocenters. The zero-order valence-corrected chi connectivity index (χ0v) is 7.90. The van der Waals surface area contributed by atoms with E-state index >= 15 is 0 Å². The van der Waals surface area contributed by atoms with Gasteiger partial charge >= 0.3 is 0 Å². The minimum Gasteiger partial charge on any atom is -0.495 e. The lowest BCUT2D eigenvalue weighted by molar-refractivity contribution is 0.369. The number of aliphatic imine (C=N–C) groups is 1. The van der Waals surface area contributed by atoms with Crippen molar-refractivity contribution in [1.82, 2.24) is 0 Å². The van der Waals surface area contributed by atoms with Crippen molar-refractivity contribution in [3.8, 4) is 0 Å². The van der Waals surface area contributed by atoms with E-state index in [-0.39, 0.29) is 0 Å². The fourth-order valence-corrected chi connectivity index (χ4v) is 0.990. The largest absolute Gasteiger partial charge is 0.495 e. The van der Waals surface area contributed by atoms with E-state index in [0.29, 0.717) is 0 Å². The maximum Gasteiger partial charge on any atom is 0.144 e. The Morgan fingerprint density at radius 1 is 1.31 bits per heavy atom. The molecule has 0 unspecified atom stereocenters. The van der Waals surface area contributed by atoms with Gasteiger partial charge in [-0.25, -0.2) is 0 Å². The van der Waals surface area contributed by atoms with Crippen LogP contribution in [0.15, 0.2) is 41.5 Å². The van der Waals surface area contributed by atoms with E-state index < -0.39 is 0 Å². The molecule has 1 aromatic carbocycles. The van der Waals surface area contributed by atoms with Crippen molar-refractivity contribution in [3.63, 3.8) is 0 Å². The number of benzene rings is 1. The van der Waals surface area contributed by atoms with Crippen molar-refractivity contribution < 1.29 is 4.74 Å². The summed E-state index contributed by atoms with van der Waals surface area (Å²) >= 11 is 0. The monoisotopic (exact) mass is 175 g/mol. The molecule has 0 fully saturated rings. The third-order valence-corrected chi connectivity index (χ3v) is 1.62. The standard InChI is InChI=1S/C11H13NO/c1-3-12-9-11(13-2)10-7-5-4-6-8-10/h3-9H,1-2H3/b11-9-,12-3?. The minimum absolute atomic E-state index is 0.777. The lowest BCUT2D eigenvalue weighted by atomic mass is 10.2. The Morgan fingerprint density at radius 3 is 2.54 bits per heavy atom. The summed E-state index contributed by atoms with van der Waals surface area (Å²) in [5, 5.41) is 0. The fourth-order valence-electron chi connectivity index (χ4n) is 0.990. The highest BCUT2D eigenvalue weighted by Crippen LogP contribution is 2.13. The summed E-state index contributed by atoms with van der Waals surface area (Å²) in [6, 6.07) is 9.89. The average Bonchev–Trinajstić information content (AvgIpc) is 2.21. The molecule has 1 aromatic rings. The highest BCUT2D eigenvalue weighted by Gasteiger charge is 1.97. The molecular weight excluding hydrogens is 162 g/mol. The van der Waals surface area contributed by atoms with Crippen LogP contribution >= 0.6 is 0 Å². The second-order valence-electron chi connectivity index (χ2n) is 2.47. The van der Waals surface area contributed by atoms with Crippen LogP contribution in [0.2, 0.25) is 0 Å². The maximum absolute atomic E-state index is 5.19. The highest BCUT2D eigenvalue weighted by atomic mass is 16.5. The number of nitrogens with zero attached hydrogens (tertiary/aromatic N) is 1. The molecule has 0 aliphatic rings. The third kappa shape index (κ3) is 2.75. The molecule has 0 spiro atoms. The number of hydrogen-bond acceptors (Lipinski definition) is 2. The second-order valence-corrected chi connectivity index (χ2v) is 2.47. The molecule has 0 aliphatic heterocycles. The Kier molecular flexibility index (Phi) is 3.76. The van der Waals surface area contributed by atoms with Crippen LogP contribution in [0.25, 0.3) is 5.76 Å². The van der Waals surface area contributed by atoms with Crippen molar-refractivity contribution >= 4 is 12.0 Å². The summed E-state index contributed by atoms with van der Waals surface area (Å²) < 4.78 is 5.19. The Hall–Kier alpha value is -1.57. The minimum atomic E-state index is 0.777. The number of ether oxygens (including phenoxy) is 1. The van der Waals surface area contributed by atoms with Gasteiger partial charge < -0.3 is 4.74 Å². The molecule has 0 bridgehead atoms. The lowest BCUT2D eigenvalue weighted by Gasteiger charge is -2.03. The normalized spacial score (nSPS) is 12.0. The predicted octanol–water partition coefficient (Wildman–Crippen LogP) is 2.72. The first-order valence-electron chi connectivity index (χ1n) is 4.16. The van der Waals surface area contributed by atoms with Crippen molar-refractivity contribution in [1.29, 1.82) is 0 Å². The summed E-state index contributed by atoms with van der Waals surface area (Å²) in [7, 11) is 1.64. The van der Waals surface area contributed by atoms with Crippen LogP contribution in [0.1, 0.15) is 12.5 Å². The van der Waals surface area contributed by atoms with E-state index in [4.69, 9.17) is 4.74 Å². The van der Waals surface area contributed by atoms with Crippen LogP contribution in [0, 0.1) is 0 Å². The van der Waals surface area contributed by atoms with Gasteiger partial charge in [0.15, 0.2) is 0 Å². The van der Waals surface area contributed by atoms with E-state index in [0.717, 1.165) is 11.3 Å². The Bertz CT molecular complexity index is 301. The molecular formula is C11H13NO. The molecule has 2 nitrogen and oxygen atoms in total. The molecule has 0 aromatic heterocycles. The van der Waals surface area contributed by atoms with E-state index in [1.54, 1.807) is 19.5 Å². The SMILES string of the molecule is CC=N/C=C(\OC)c1ccccc1. The molecule has 0 N–H and O–H groups in total. The summed E-state index contributed by atoms with van der Waals surface area (Å²) in [4.78, 5) is 4.01. The van der Waals surface area contributed by atoms with Gasteiger partial charge in [-0.3, -0.25) is 4.99 Å². The smallest absolute Gasteiger partial charge is 0.144 e. The van der Waals surface area contributed by atoms with Crippen LogP contribution in [0.4, 0.5) is 0 Å². The van der Waals surface area contributed by atoms with Crippen LogP contribution in [-0.2, 0) is 4.74 Å². The Morgan fingerprint density at radius 2 is 2.00 bits per heavy atom. The molecule has 0 radical (unpaired) electrons. The quantitative estimate of drug-likeness (QED) is 0.511. The average molecular weight is 175 g/mol. The van der Waals surface area contributed by atoms with Gasteiger partial charge in [-0.15, -0.1) is 0 Å². The van der Waals surface area contributed by atoms with Gasteiger partial charge in [0.05, 0.1) is 13.3 Å².